The van der Waals surface area contributed by atoms with E-state index in [0.29, 0.717) is 23.3 Å². The first kappa shape index (κ1) is 20.3. The predicted molar refractivity (Wildman–Crippen MR) is 125 cm³/mol. The lowest BCUT2D eigenvalue weighted by Crippen LogP contribution is -2.32. The third-order valence-electron chi connectivity index (χ3n) is 4.95. The van der Waals surface area contributed by atoms with E-state index in [1.807, 2.05) is 47.2 Å². The van der Waals surface area contributed by atoms with Crippen molar-refractivity contribution >= 4 is 38.8 Å². The number of nitrogens with one attached hydrogen (secondary N) is 1. The molecule has 0 aliphatic heterocycles. The first-order chi connectivity index (χ1) is 15.7. The molecular weight excluding hydrogens is 444 g/mol. The van der Waals surface area contributed by atoms with Gasteiger partial charge in [0.2, 0.25) is 5.91 Å². The number of carbonyl (C=O) groups excluding carboxylic acids is 1. The molecule has 5 aromatic rings. The van der Waals surface area contributed by atoms with Crippen LogP contribution in [0.4, 0.5) is 0 Å². The Morgan fingerprint density at radius 1 is 1.09 bits per heavy atom. The molecule has 160 valence electrons. The summed E-state index contributed by atoms with van der Waals surface area (Å²) in [7, 11) is 0. The SMILES string of the molecule is O=C(Cn1cnc2scc(-c3cccs3)c2c1=O)NCc1cccc(Cn2cncn2)c1. The summed E-state index contributed by atoms with van der Waals surface area (Å²) in [5, 5.41) is 11.5. The monoisotopic (exact) mass is 462 g/mol. The molecule has 4 aromatic heterocycles. The summed E-state index contributed by atoms with van der Waals surface area (Å²) in [4.78, 5) is 35.6. The second-order valence-corrected chi connectivity index (χ2v) is 8.98. The van der Waals surface area contributed by atoms with Crippen molar-refractivity contribution in [3.05, 3.63) is 87.6 Å². The average molecular weight is 463 g/mol. The Labute approximate surface area is 190 Å². The van der Waals surface area contributed by atoms with Gasteiger partial charge in [-0.3, -0.25) is 14.2 Å². The second-order valence-electron chi connectivity index (χ2n) is 7.17. The smallest absolute Gasteiger partial charge is 0.263 e. The number of hydrogen-bond acceptors (Lipinski definition) is 7. The normalized spacial score (nSPS) is 11.1. The van der Waals surface area contributed by atoms with Crippen molar-refractivity contribution in [3.8, 4) is 10.4 Å². The van der Waals surface area contributed by atoms with E-state index in [4.69, 9.17) is 0 Å². The molecule has 0 aliphatic rings. The maximum absolute atomic E-state index is 13.1. The van der Waals surface area contributed by atoms with Gasteiger partial charge in [-0.05, 0) is 22.6 Å². The molecule has 0 atom stereocenters. The van der Waals surface area contributed by atoms with Gasteiger partial charge in [0.25, 0.3) is 5.56 Å². The highest BCUT2D eigenvalue weighted by atomic mass is 32.1. The van der Waals surface area contributed by atoms with Gasteiger partial charge in [0.15, 0.2) is 0 Å². The van der Waals surface area contributed by atoms with Crippen LogP contribution in [0.3, 0.4) is 0 Å². The molecule has 0 bridgehead atoms. The third kappa shape index (κ3) is 4.23. The number of aromatic nitrogens is 5. The molecule has 0 fully saturated rings. The summed E-state index contributed by atoms with van der Waals surface area (Å²) in [6.07, 6.45) is 4.60. The van der Waals surface area contributed by atoms with Crippen LogP contribution in [-0.4, -0.2) is 30.2 Å². The number of fused-ring (bicyclic) bond motifs is 1. The van der Waals surface area contributed by atoms with E-state index in [-0.39, 0.29) is 18.0 Å². The maximum Gasteiger partial charge on any atom is 0.263 e. The largest absolute Gasteiger partial charge is 0.350 e. The Bertz CT molecular complexity index is 1420. The van der Waals surface area contributed by atoms with E-state index in [1.54, 1.807) is 22.3 Å². The van der Waals surface area contributed by atoms with Gasteiger partial charge < -0.3 is 5.32 Å². The molecule has 0 saturated heterocycles. The topological polar surface area (TPSA) is 94.7 Å². The lowest BCUT2D eigenvalue weighted by molar-refractivity contribution is -0.121. The lowest BCUT2D eigenvalue weighted by Gasteiger charge is -2.09. The van der Waals surface area contributed by atoms with Crippen LogP contribution in [0.5, 0.6) is 0 Å². The minimum absolute atomic E-state index is 0.0832. The first-order valence-corrected chi connectivity index (χ1v) is 11.6. The zero-order chi connectivity index (χ0) is 21.9. The minimum Gasteiger partial charge on any atom is -0.350 e. The highest BCUT2D eigenvalue weighted by Crippen LogP contribution is 2.33. The zero-order valence-electron chi connectivity index (χ0n) is 16.8. The van der Waals surface area contributed by atoms with Crippen molar-refractivity contribution in [2.24, 2.45) is 0 Å². The first-order valence-electron chi connectivity index (χ1n) is 9.85. The third-order valence-corrected chi connectivity index (χ3v) is 6.74. The number of nitrogens with zero attached hydrogens (tertiary/aromatic N) is 5. The van der Waals surface area contributed by atoms with Crippen LogP contribution in [-0.2, 0) is 24.4 Å². The number of hydrogen-bond donors (Lipinski definition) is 1. The summed E-state index contributed by atoms with van der Waals surface area (Å²) in [5.41, 5.74) is 2.70. The van der Waals surface area contributed by atoms with Gasteiger partial charge in [-0.25, -0.2) is 14.6 Å². The molecule has 4 heterocycles. The Hall–Kier alpha value is -3.63. The maximum atomic E-state index is 13.1. The van der Waals surface area contributed by atoms with E-state index in [0.717, 1.165) is 21.6 Å². The van der Waals surface area contributed by atoms with Crippen LogP contribution in [0.2, 0.25) is 0 Å². The highest BCUT2D eigenvalue weighted by Gasteiger charge is 2.15. The van der Waals surface area contributed by atoms with Crippen LogP contribution in [0.1, 0.15) is 11.1 Å². The predicted octanol–water partition coefficient (Wildman–Crippen LogP) is 3.14. The Kier molecular flexibility index (Phi) is 5.61. The average Bonchev–Trinajstić information content (AvgIpc) is 3.56. The molecule has 32 heavy (non-hydrogen) atoms. The van der Waals surface area contributed by atoms with Gasteiger partial charge in [-0.1, -0.05) is 30.3 Å². The summed E-state index contributed by atoms with van der Waals surface area (Å²) < 4.78 is 3.10. The summed E-state index contributed by atoms with van der Waals surface area (Å²) in [6, 6.07) is 11.8. The van der Waals surface area contributed by atoms with Crippen LogP contribution in [0.15, 0.2) is 70.9 Å². The van der Waals surface area contributed by atoms with E-state index in [9.17, 15) is 9.59 Å². The molecule has 10 heteroatoms. The molecule has 0 saturated carbocycles. The Balaban J connectivity index is 1.28. The van der Waals surface area contributed by atoms with Gasteiger partial charge in [-0.15, -0.1) is 22.7 Å². The number of benzene rings is 1. The molecule has 0 radical (unpaired) electrons. The van der Waals surface area contributed by atoms with Crippen molar-refractivity contribution in [3.63, 3.8) is 0 Å². The van der Waals surface area contributed by atoms with Crippen LogP contribution in [0, 0.1) is 0 Å². The fourth-order valence-electron chi connectivity index (χ4n) is 3.44. The molecule has 1 amide bonds. The second kappa shape index (κ2) is 8.85. The van der Waals surface area contributed by atoms with Crippen molar-refractivity contribution in [1.82, 2.24) is 29.6 Å². The Morgan fingerprint density at radius 2 is 2.00 bits per heavy atom. The Morgan fingerprint density at radius 3 is 2.81 bits per heavy atom. The molecular formula is C22H18N6O2S2. The summed E-state index contributed by atoms with van der Waals surface area (Å²) in [5.74, 6) is -0.247. The standard InChI is InChI=1S/C22H18N6O2S2/c29-19(24-8-15-3-1-4-16(7-15)9-28-13-23-12-26-28)10-27-14-25-21-20(22(27)30)17(11-32-21)18-5-2-6-31-18/h1-7,11-14H,8-10H2,(H,24,29). The number of thiophene rings is 2. The zero-order valence-corrected chi connectivity index (χ0v) is 18.5. The summed E-state index contributed by atoms with van der Waals surface area (Å²) in [6.45, 7) is 0.892. The van der Waals surface area contributed by atoms with E-state index >= 15 is 0 Å². The van der Waals surface area contributed by atoms with Crippen LogP contribution in [0.25, 0.3) is 20.7 Å². The van der Waals surface area contributed by atoms with Gasteiger partial charge in [0.1, 0.15) is 24.0 Å². The van der Waals surface area contributed by atoms with Crippen molar-refractivity contribution in [2.45, 2.75) is 19.6 Å². The summed E-state index contributed by atoms with van der Waals surface area (Å²) >= 11 is 3.01. The van der Waals surface area contributed by atoms with Crippen molar-refractivity contribution in [1.29, 1.82) is 0 Å². The highest BCUT2D eigenvalue weighted by molar-refractivity contribution is 7.18. The van der Waals surface area contributed by atoms with E-state index in [1.165, 1.54) is 28.6 Å². The lowest BCUT2D eigenvalue weighted by atomic mass is 10.1. The van der Waals surface area contributed by atoms with Crippen molar-refractivity contribution < 1.29 is 4.79 Å². The van der Waals surface area contributed by atoms with Gasteiger partial charge >= 0.3 is 0 Å². The molecule has 0 aliphatic carbocycles. The van der Waals surface area contributed by atoms with Gasteiger partial charge in [-0.2, -0.15) is 5.10 Å². The molecule has 1 N–H and O–H groups in total. The minimum atomic E-state index is -0.247. The van der Waals surface area contributed by atoms with Crippen LogP contribution >= 0.6 is 22.7 Å². The van der Waals surface area contributed by atoms with Gasteiger partial charge in [0, 0.05) is 22.4 Å². The molecule has 1 aromatic carbocycles. The fourth-order valence-corrected chi connectivity index (χ4v) is 5.16. The molecule has 0 unspecified atom stereocenters. The molecule has 8 nitrogen and oxygen atoms in total. The molecule has 0 spiro atoms. The quantitative estimate of drug-likeness (QED) is 0.401. The van der Waals surface area contributed by atoms with E-state index in [2.05, 4.69) is 20.4 Å². The number of rotatable bonds is 7. The molecule has 5 rings (SSSR count). The number of amides is 1. The van der Waals surface area contributed by atoms with Crippen LogP contribution < -0.4 is 10.9 Å². The number of carbonyl (C=O) groups is 1. The van der Waals surface area contributed by atoms with Gasteiger partial charge in [0.05, 0.1) is 18.3 Å². The fraction of sp³-hybridized carbons (Fsp3) is 0.136. The van der Waals surface area contributed by atoms with E-state index < -0.39 is 0 Å². The van der Waals surface area contributed by atoms with Crippen molar-refractivity contribution in [2.75, 3.05) is 0 Å².